The van der Waals surface area contributed by atoms with Crippen LogP contribution in [0.25, 0.3) is 0 Å². The van der Waals surface area contributed by atoms with Crippen molar-refractivity contribution < 1.29 is 4.79 Å². The molecule has 2 aliphatic rings. The van der Waals surface area contributed by atoms with Crippen molar-refractivity contribution in [1.29, 1.82) is 0 Å². The minimum atomic E-state index is 0.263. The molecular formula is C17H32N2O. The highest BCUT2D eigenvalue weighted by atomic mass is 16.2. The molecule has 2 heterocycles. The molecule has 0 aromatic carbocycles. The summed E-state index contributed by atoms with van der Waals surface area (Å²) in [5.74, 6) is 2.32. The van der Waals surface area contributed by atoms with Gasteiger partial charge >= 0.3 is 0 Å². The Balaban J connectivity index is 1.78. The molecule has 3 nitrogen and oxygen atoms in total. The Hall–Kier alpha value is -0.570. The van der Waals surface area contributed by atoms with E-state index >= 15 is 0 Å². The smallest absolute Gasteiger partial charge is 0.227 e. The average Bonchev–Trinajstić information content (AvgIpc) is 2.88. The molecule has 0 spiro atoms. The van der Waals surface area contributed by atoms with E-state index in [0.29, 0.717) is 11.9 Å². The summed E-state index contributed by atoms with van der Waals surface area (Å²) < 4.78 is 0. The van der Waals surface area contributed by atoms with Gasteiger partial charge in [0.1, 0.15) is 0 Å². The maximum Gasteiger partial charge on any atom is 0.227 e. The highest BCUT2D eigenvalue weighted by molar-refractivity contribution is 5.79. The van der Waals surface area contributed by atoms with Gasteiger partial charge in [-0.2, -0.15) is 0 Å². The molecule has 0 unspecified atom stereocenters. The summed E-state index contributed by atoms with van der Waals surface area (Å²) >= 11 is 0. The molecule has 1 atom stereocenters. The molecule has 116 valence electrons. The van der Waals surface area contributed by atoms with E-state index in [1.165, 1.54) is 19.3 Å². The van der Waals surface area contributed by atoms with Gasteiger partial charge < -0.3 is 9.80 Å². The third-order valence-corrected chi connectivity index (χ3v) is 5.03. The molecule has 0 aliphatic carbocycles. The van der Waals surface area contributed by atoms with E-state index in [-0.39, 0.29) is 5.92 Å². The van der Waals surface area contributed by atoms with Gasteiger partial charge in [-0.3, -0.25) is 4.79 Å². The topological polar surface area (TPSA) is 23.6 Å². The number of amides is 1. The second-order valence-electron chi connectivity index (χ2n) is 7.47. The molecule has 3 heteroatoms. The molecule has 0 radical (unpaired) electrons. The van der Waals surface area contributed by atoms with Gasteiger partial charge in [-0.05, 0) is 57.9 Å². The third kappa shape index (κ3) is 3.97. The van der Waals surface area contributed by atoms with Crippen molar-refractivity contribution in [3.8, 4) is 0 Å². The van der Waals surface area contributed by atoms with Gasteiger partial charge in [0.15, 0.2) is 0 Å². The van der Waals surface area contributed by atoms with Gasteiger partial charge in [-0.15, -0.1) is 0 Å². The van der Waals surface area contributed by atoms with Crippen molar-refractivity contribution >= 4 is 5.91 Å². The lowest BCUT2D eigenvalue weighted by Crippen LogP contribution is -2.43. The molecule has 2 saturated heterocycles. The van der Waals surface area contributed by atoms with Gasteiger partial charge in [0, 0.05) is 25.7 Å². The van der Waals surface area contributed by atoms with Crippen LogP contribution in [0.4, 0.5) is 0 Å². The highest BCUT2D eigenvalue weighted by Crippen LogP contribution is 2.27. The van der Waals surface area contributed by atoms with Crippen molar-refractivity contribution in [3.05, 3.63) is 0 Å². The van der Waals surface area contributed by atoms with Crippen molar-refractivity contribution in [3.63, 3.8) is 0 Å². The summed E-state index contributed by atoms with van der Waals surface area (Å²) in [7, 11) is 0. The Morgan fingerprint density at radius 2 is 1.70 bits per heavy atom. The fraction of sp³-hybridized carbons (Fsp3) is 0.941. The van der Waals surface area contributed by atoms with Gasteiger partial charge in [-0.25, -0.2) is 0 Å². The zero-order valence-electron chi connectivity index (χ0n) is 13.8. The SMILES string of the molecule is CC(C)CC1CCN(C(=O)[C@@H]2CCN(C(C)C)C2)CC1. The standard InChI is InChI=1S/C17H32N2O/c1-13(2)11-15-5-8-18(9-6-15)17(20)16-7-10-19(12-16)14(3)4/h13-16H,5-12H2,1-4H3/t16-/m1/s1. The summed E-state index contributed by atoms with van der Waals surface area (Å²) in [5.41, 5.74) is 0. The lowest BCUT2D eigenvalue weighted by Gasteiger charge is -2.34. The molecule has 0 aromatic rings. The maximum absolute atomic E-state index is 12.6. The second kappa shape index (κ2) is 6.93. The number of hydrogen-bond donors (Lipinski definition) is 0. The van der Waals surface area contributed by atoms with E-state index in [1.54, 1.807) is 0 Å². The Morgan fingerprint density at radius 3 is 2.20 bits per heavy atom. The number of likely N-dealkylation sites (tertiary alicyclic amines) is 2. The molecule has 2 aliphatic heterocycles. The van der Waals surface area contributed by atoms with E-state index in [9.17, 15) is 4.79 Å². The van der Waals surface area contributed by atoms with Crippen LogP contribution in [0.5, 0.6) is 0 Å². The predicted octanol–water partition coefficient (Wildman–Crippen LogP) is 3.00. The summed E-state index contributed by atoms with van der Waals surface area (Å²) in [6, 6.07) is 0.574. The Kier molecular flexibility index (Phi) is 5.48. The minimum Gasteiger partial charge on any atom is -0.342 e. The van der Waals surface area contributed by atoms with E-state index < -0.39 is 0 Å². The maximum atomic E-state index is 12.6. The van der Waals surface area contributed by atoms with Crippen LogP contribution in [0.3, 0.4) is 0 Å². The number of nitrogens with zero attached hydrogens (tertiary/aromatic N) is 2. The largest absolute Gasteiger partial charge is 0.342 e. The fourth-order valence-corrected chi connectivity index (χ4v) is 3.77. The van der Waals surface area contributed by atoms with E-state index in [0.717, 1.165) is 44.4 Å². The number of hydrogen-bond acceptors (Lipinski definition) is 2. The summed E-state index contributed by atoms with van der Waals surface area (Å²) in [6.07, 6.45) is 4.81. The van der Waals surface area contributed by atoms with E-state index in [1.807, 2.05) is 0 Å². The van der Waals surface area contributed by atoms with Crippen molar-refractivity contribution in [2.75, 3.05) is 26.2 Å². The van der Waals surface area contributed by atoms with Crippen molar-refractivity contribution in [1.82, 2.24) is 9.80 Å². The summed E-state index contributed by atoms with van der Waals surface area (Å²) in [5, 5.41) is 0. The van der Waals surface area contributed by atoms with Crippen molar-refractivity contribution in [2.45, 2.75) is 59.4 Å². The lowest BCUT2D eigenvalue weighted by molar-refractivity contribution is -0.136. The minimum absolute atomic E-state index is 0.263. The average molecular weight is 280 g/mol. The first kappa shape index (κ1) is 15.8. The lowest BCUT2D eigenvalue weighted by atomic mass is 9.88. The molecule has 0 aromatic heterocycles. The van der Waals surface area contributed by atoms with Gasteiger partial charge in [0.05, 0.1) is 5.92 Å². The first-order valence-electron chi connectivity index (χ1n) is 8.50. The number of carbonyl (C=O) groups is 1. The third-order valence-electron chi connectivity index (χ3n) is 5.03. The number of rotatable bonds is 4. The van der Waals surface area contributed by atoms with Gasteiger partial charge in [0.25, 0.3) is 0 Å². The van der Waals surface area contributed by atoms with E-state index in [2.05, 4.69) is 37.5 Å². The molecule has 1 amide bonds. The van der Waals surface area contributed by atoms with Crippen LogP contribution < -0.4 is 0 Å². The van der Waals surface area contributed by atoms with E-state index in [4.69, 9.17) is 0 Å². The van der Waals surface area contributed by atoms with Crippen LogP contribution >= 0.6 is 0 Å². The van der Waals surface area contributed by atoms with Crippen molar-refractivity contribution in [2.24, 2.45) is 17.8 Å². The molecule has 0 bridgehead atoms. The second-order valence-corrected chi connectivity index (χ2v) is 7.47. The fourth-order valence-electron chi connectivity index (χ4n) is 3.77. The number of piperidine rings is 1. The monoisotopic (exact) mass is 280 g/mol. The van der Waals surface area contributed by atoms with Crippen LogP contribution in [-0.2, 0) is 4.79 Å². The van der Waals surface area contributed by atoms with Crippen LogP contribution in [0.1, 0.15) is 53.4 Å². The Labute approximate surface area is 124 Å². The Bertz CT molecular complexity index is 319. The molecule has 2 fully saturated rings. The normalized spacial score (nSPS) is 25.9. The summed E-state index contributed by atoms with van der Waals surface area (Å²) in [6.45, 7) is 13.1. The first-order chi connectivity index (χ1) is 9.47. The zero-order valence-corrected chi connectivity index (χ0v) is 13.8. The molecule has 0 N–H and O–H groups in total. The molecule has 20 heavy (non-hydrogen) atoms. The van der Waals surface area contributed by atoms with Crippen LogP contribution in [0, 0.1) is 17.8 Å². The van der Waals surface area contributed by atoms with Crippen LogP contribution in [0.15, 0.2) is 0 Å². The van der Waals surface area contributed by atoms with Crippen LogP contribution in [0.2, 0.25) is 0 Å². The predicted molar refractivity (Wildman–Crippen MR) is 83.6 cm³/mol. The van der Waals surface area contributed by atoms with Crippen LogP contribution in [-0.4, -0.2) is 47.9 Å². The molecule has 2 rings (SSSR count). The first-order valence-corrected chi connectivity index (χ1v) is 8.50. The zero-order chi connectivity index (χ0) is 14.7. The highest BCUT2D eigenvalue weighted by Gasteiger charge is 2.33. The summed E-state index contributed by atoms with van der Waals surface area (Å²) in [4.78, 5) is 17.2. The molecule has 0 saturated carbocycles. The quantitative estimate of drug-likeness (QED) is 0.790. The molecular weight excluding hydrogens is 248 g/mol. The number of carbonyl (C=O) groups excluding carboxylic acids is 1. The van der Waals surface area contributed by atoms with Gasteiger partial charge in [0.2, 0.25) is 5.91 Å². The Morgan fingerprint density at radius 1 is 1.05 bits per heavy atom. The van der Waals surface area contributed by atoms with Gasteiger partial charge in [-0.1, -0.05) is 13.8 Å².